The summed E-state index contributed by atoms with van der Waals surface area (Å²) in [6.07, 6.45) is -1.10. The molecule has 0 aliphatic carbocycles. The predicted octanol–water partition coefficient (Wildman–Crippen LogP) is 1.37. The fourth-order valence-corrected chi connectivity index (χ4v) is 1.40. The number of hydrogen-bond donors (Lipinski definition) is 1. The van der Waals surface area contributed by atoms with Gasteiger partial charge in [0.1, 0.15) is 11.2 Å². The Kier molecular flexibility index (Phi) is 3.51. The molecular weight excluding hydrogens is 237 g/mol. The number of alkyl halides is 3. The van der Waals surface area contributed by atoms with Crippen molar-refractivity contribution >= 4 is 5.91 Å². The minimum absolute atomic E-state index is 0.619. The maximum Gasteiger partial charge on any atom is 0.430 e. The van der Waals surface area contributed by atoms with Gasteiger partial charge >= 0.3 is 6.18 Å². The smallest absolute Gasteiger partial charge is 0.364 e. The minimum atomic E-state index is -4.52. The molecule has 0 saturated carbocycles. The molecule has 1 atom stereocenters. The lowest BCUT2D eigenvalue weighted by atomic mass is 9.97. The highest BCUT2D eigenvalue weighted by molar-refractivity contribution is 5.88. The third kappa shape index (κ3) is 2.79. The number of nitrogens with one attached hydrogen (secondary N) is 1. The highest BCUT2D eigenvalue weighted by atomic mass is 19.4. The summed E-state index contributed by atoms with van der Waals surface area (Å²) in [5, 5.41) is 3.03. The molecule has 1 heterocycles. The van der Waals surface area contributed by atoms with E-state index < -0.39 is 23.3 Å². The van der Waals surface area contributed by atoms with Crippen molar-refractivity contribution in [3.63, 3.8) is 0 Å². The van der Waals surface area contributed by atoms with Crippen LogP contribution < -0.4 is 5.32 Å². The Morgan fingerprint density at radius 3 is 2.59 bits per heavy atom. The van der Waals surface area contributed by atoms with Crippen LogP contribution in [-0.4, -0.2) is 36.8 Å². The maximum atomic E-state index is 12.5. The van der Waals surface area contributed by atoms with Crippen LogP contribution in [0.25, 0.3) is 0 Å². The molecule has 1 rings (SSSR count). The van der Waals surface area contributed by atoms with Gasteiger partial charge in [0, 0.05) is 7.05 Å². The number of dihydropyridines is 1. The van der Waals surface area contributed by atoms with Crippen LogP contribution in [0.2, 0.25) is 0 Å². The molecule has 1 aliphatic heterocycles. The minimum Gasteiger partial charge on any atom is -0.364 e. The van der Waals surface area contributed by atoms with Crippen LogP contribution in [0.15, 0.2) is 23.9 Å². The first kappa shape index (κ1) is 13.6. The summed E-state index contributed by atoms with van der Waals surface area (Å²) >= 11 is 0. The molecule has 0 bridgehead atoms. The van der Waals surface area contributed by atoms with Gasteiger partial charge < -0.3 is 5.32 Å². The Balaban J connectivity index is 2.93. The zero-order valence-electron chi connectivity index (χ0n) is 9.63. The molecule has 1 aliphatic rings. The number of rotatable bonds is 2. The lowest BCUT2D eigenvalue weighted by molar-refractivity contribution is -0.174. The van der Waals surface area contributed by atoms with Crippen LogP contribution in [0, 0.1) is 0 Å². The van der Waals surface area contributed by atoms with Crippen molar-refractivity contribution in [2.24, 2.45) is 0 Å². The molecular formula is C10H13F3N2O2. The number of hydroxylamine groups is 2. The van der Waals surface area contributed by atoms with Crippen molar-refractivity contribution in [2.75, 3.05) is 14.2 Å². The average Bonchev–Trinajstić information content (AvgIpc) is 2.26. The van der Waals surface area contributed by atoms with Gasteiger partial charge in [-0.15, -0.1) is 0 Å². The number of nitrogens with zero attached hydrogens (tertiary/aromatic N) is 1. The number of carbonyl (C=O) groups is 1. The van der Waals surface area contributed by atoms with E-state index in [0.29, 0.717) is 0 Å². The SMILES string of the molecule is CON(C)C(=O)C1(C)C=CC=C(C(F)(F)F)N1. The third-order valence-electron chi connectivity index (χ3n) is 2.40. The predicted molar refractivity (Wildman–Crippen MR) is 54.6 cm³/mol. The summed E-state index contributed by atoms with van der Waals surface area (Å²) in [5.74, 6) is -0.619. The fourth-order valence-electron chi connectivity index (χ4n) is 1.40. The molecule has 7 heteroatoms. The fraction of sp³-hybridized carbons (Fsp3) is 0.500. The molecule has 96 valence electrons. The first-order valence-corrected chi connectivity index (χ1v) is 4.78. The molecule has 0 fully saturated rings. The number of carbonyl (C=O) groups excluding carboxylic acids is 1. The number of allylic oxidation sites excluding steroid dienone is 3. The van der Waals surface area contributed by atoms with Crippen LogP contribution >= 0.6 is 0 Å². The van der Waals surface area contributed by atoms with Gasteiger partial charge in [-0.05, 0) is 19.1 Å². The summed E-state index contributed by atoms with van der Waals surface area (Å²) in [5.41, 5.74) is -2.43. The third-order valence-corrected chi connectivity index (χ3v) is 2.40. The molecule has 17 heavy (non-hydrogen) atoms. The van der Waals surface area contributed by atoms with Gasteiger partial charge in [-0.1, -0.05) is 6.08 Å². The summed E-state index contributed by atoms with van der Waals surface area (Å²) in [4.78, 5) is 16.5. The number of likely N-dealkylation sites (N-methyl/N-ethyl adjacent to an activating group) is 1. The average molecular weight is 250 g/mol. The summed E-state index contributed by atoms with van der Waals surface area (Å²) in [6, 6.07) is 0. The summed E-state index contributed by atoms with van der Waals surface area (Å²) < 4.78 is 37.5. The van der Waals surface area contributed by atoms with Crippen LogP contribution in [0.3, 0.4) is 0 Å². The van der Waals surface area contributed by atoms with Gasteiger partial charge in [-0.3, -0.25) is 9.63 Å². The molecule has 0 aromatic carbocycles. The van der Waals surface area contributed by atoms with Gasteiger partial charge in [-0.2, -0.15) is 13.2 Å². The van der Waals surface area contributed by atoms with Crippen LogP contribution in [0.5, 0.6) is 0 Å². The first-order valence-electron chi connectivity index (χ1n) is 4.78. The van der Waals surface area contributed by atoms with Crippen LogP contribution in [-0.2, 0) is 9.63 Å². The van der Waals surface area contributed by atoms with Gasteiger partial charge in [0.05, 0.1) is 7.11 Å². The molecule has 4 nitrogen and oxygen atoms in total. The molecule has 1 amide bonds. The van der Waals surface area contributed by atoms with E-state index in [1.807, 2.05) is 0 Å². The zero-order chi connectivity index (χ0) is 13.3. The van der Waals surface area contributed by atoms with Crippen molar-refractivity contribution in [1.29, 1.82) is 0 Å². The second-order valence-corrected chi connectivity index (χ2v) is 3.75. The van der Waals surface area contributed by atoms with E-state index in [9.17, 15) is 18.0 Å². The van der Waals surface area contributed by atoms with Crippen molar-refractivity contribution < 1.29 is 22.8 Å². The summed E-state index contributed by atoms with van der Waals surface area (Å²) in [7, 11) is 2.59. The maximum absolute atomic E-state index is 12.5. The number of amides is 1. The van der Waals surface area contributed by atoms with Crippen molar-refractivity contribution in [3.05, 3.63) is 23.9 Å². The lowest BCUT2D eigenvalue weighted by Gasteiger charge is -2.33. The number of halogens is 3. The van der Waals surface area contributed by atoms with Gasteiger partial charge in [0.15, 0.2) is 0 Å². The van der Waals surface area contributed by atoms with Crippen LogP contribution in [0.1, 0.15) is 6.92 Å². The molecule has 1 unspecified atom stereocenters. The van der Waals surface area contributed by atoms with E-state index in [0.717, 1.165) is 11.1 Å². The Hall–Kier alpha value is -1.50. The van der Waals surface area contributed by atoms with Gasteiger partial charge in [0.25, 0.3) is 5.91 Å². The molecule has 1 N–H and O–H groups in total. The normalized spacial score (nSPS) is 24.0. The van der Waals surface area contributed by atoms with E-state index in [1.54, 1.807) is 0 Å². The molecule has 0 aromatic rings. The molecule has 0 spiro atoms. The Bertz CT molecular complexity index is 376. The van der Waals surface area contributed by atoms with E-state index >= 15 is 0 Å². The standard InChI is InChI=1S/C10H13F3N2O2/c1-9(8(16)15(2)17-3)6-4-5-7(14-9)10(11,12)13/h4-6,14H,1-3H3. The highest BCUT2D eigenvalue weighted by Gasteiger charge is 2.43. The summed E-state index contributed by atoms with van der Waals surface area (Å²) in [6.45, 7) is 1.35. The first-order chi connectivity index (χ1) is 7.70. The van der Waals surface area contributed by atoms with Crippen molar-refractivity contribution in [1.82, 2.24) is 10.4 Å². The Morgan fingerprint density at radius 2 is 2.12 bits per heavy atom. The van der Waals surface area contributed by atoms with E-state index in [1.165, 1.54) is 33.2 Å². The Labute approximate surface area is 96.7 Å². The van der Waals surface area contributed by atoms with E-state index in [-0.39, 0.29) is 0 Å². The topological polar surface area (TPSA) is 41.6 Å². The highest BCUT2D eigenvalue weighted by Crippen LogP contribution is 2.28. The van der Waals surface area contributed by atoms with Gasteiger partial charge in [0.2, 0.25) is 0 Å². The second kappa shape index (κ2) is 4.40. The number of hydrogen-bond acceptors (Lipinski definition) is 3. The molecule has 0 saturated heterocycles. The van der Waals surface area contributed by atoms with E-state index in [4.69, 9.17) is 0 Å². The van der Waals surface area contributed by atoms with Crippen molar-refractivity contribution in [2.45, 2.75) is 18.6 Å². The molecule has 0 aromatic heterocycles. The largest absolute Gasteiger partial charge is 0.430 e. The lowest BCUT2D eigenvalue weighted by Crippen LogP contribution is -2.55. The monoisotopic (exact) mass is 250 g/mol. The quantitative estimate of drug-likeness (QED) is 0.753. The van der Waals surface area contributed by atoms with Crippen molar-refractivity contribution in [3.8, 4) is 0 Å². The second-order valence-electron chi connectivity index (χ2n) is 3.75. The molecule has 0 radical (unpaired) electrons. The van der Waals surface area contributed by atoms with Crippen LogP contribution in [0.4, 0.5) is 13.2 Å². The zero-order valence-corrected chi connectivity index (χ0v) is 9.63. The Morgan fingerprint density at radius 1 is 1.53 bits per heavy atom. The van der Waals surface area contributed by atoms with E-state index in [2.05, 4.69) is 10.2 Å². The van der Waals surface area contributed by atoms with Gasteiger partial charge in [-0.25, -0.2) is 5.06 Å².